The molecule has 3 N–H and O–H groups in total. The third kappa shape index (κ3) is 3.13. The molecule has 1 aliphatic carbocycles. The average Bonchev–Trinajstić information content (AvgIpc) is 2.54. The molecule has 3 rings (SSSR count). The molecular weight excluding hydrogens is 278 g/mol. The Morgan fingerprint density at radius 1 is 1.23 bits per heavy atom. The topological polar surface area (TPSA) is 70.2 Å². The summed E-state index contributed by atoms with van der Waals surface area (Å²) in [5.74, 6) is 0.0810. The quantitative estimate of drug-likeness (QED) is 0.803. The van der Waals surface area contributed by atoms with Crippen molar-refractivity contribution in [2.75, 3.05) is 11.9 Å². The van der Waals surface area contributed by atoms with E-state index in [-0.39, 0.29) is 17.4 Å². The van der Waals surface area contributed by atoms with E-state index in [1.165, 1.54) is 0 Å². The average molecular weight is 299 g/mol. The van der Waals surface area contributed by atoms with Crippen LogP contribution >= 0.6 is 0 Å². The molecule has 3 amide bonds. The second kappa shape index (κ2) is 6.22. The van der Waals surface area contributed by atoms with Gasteiger partial charge in [0, 0.05) is 29.8 Å². The summed E-state index contributed by atoms with van der Waals surface area (Å²) in [5.41, 5.74) is 1.66. The third-order valence-corrected chi connectivity index (χ3v) is 4.50. The minimum atomic E-state index is -0.206. The van der Waals surface area contributed by atoms with Gasteiger partial charge in [-0.2, -0.15) is 0 Å². The second-order valence-corrected chi connectivity index (χ2v) is 6.01. The standard InChI is InChI=1S/C17H21N3O2/c21-15-9-11-17(10-5-4-8-14(17)20-15)12-18-16(22)19-13-6-2-1-3-7-13/h1-3,6-8H,4-5,9-12H2,(H,20,21)(H2,18,19,22). The summed E-state index contributed by atoms with van der Waals surface area (Å²) in [6.45, 7) is 0.553. The van der Waals surface area contributed by atoms with E-state index in [1.807, 2.05) is 30.3 Å². The van der Waals surface area contributed by atoms with Crippen molar-refractivity contribution in [2.45, 2.75) is 32.1 Å². The molecule has 0 spiro atoms. The van der Waals surface area contributed by atoms with Crippen LogP contribution < -0.4 is 16.0 Å². The van der Waals surface area contributed by atoms with Crippen molar-refractivity contribution >= 4 is 17.6 Å². The molecular formula is C17H21N3O2. The first-order valence-electron chi connectivity index (χ1n) is 7.78. The lowest BCUT2D eigenvalue weighted by atomic mass is 9.70. The minimum Gasteiger partial charge on any atom is -0.337 e. The molecule has 0 radical (unpaired) electrons. The van der Waals surface area contributed by atoms with Crippen LogP contribution in [0.2, 0.25) is 0 Å². The van der Waals surface area contributed by atoms with E-state index in [0.717, 1.165) is 37.1 Å². The number of carbonyl (C=O) groups excluding carboxylic acids is 2. The van der Waals surface area contributed by atoms with Gasteiger partial charge >= 0.3 is 6.03 Å². The summed E-state index contributed by atoms with van der Waals surface area (Å²) in [7, 11) is 0. The number of hydrogen-bond acceptors (Lipinski definition) is 2. The molecule has 0 saturated carbocycles. The van der Waals surface area contributed by atoms with Crippen LogP contribution in [0.1, 0.15) is 32.1 Å². The van der Waals surface area contributed by atoms with Crippen LogP contribution in [0.3, 0.4) is 0 Å². The summed E-state index contributed by atoms with van der Waals surface area (Å²) in [5, 5.41) is 8.77. The molecule has 116 valence electrons. The maximum absolute atomic E-state index is 12.1. The normalized spacial score (nSPS) is 23.8. The Labute approximate surface area is 130 Å². The van der Waals surface area contributed by atoms with E-state index >= 15 is 0 Å². The van der Waals surface area contributed by atoms with Crippen LogP contribution in [0, 0.1) is 5.41 Å². The summed E-state index contributed by atoms with van der Waals surface area (Å²) < 4.78 is 0. The zero-order valence-corrected chi connectivity index (χ0v) is 12.5. The number of hydrogen-bond donors (Lipinski definition) is 3. The highest BCUT2D eigenvalue weighted by molar-refractivity contribution is 5.89. The number of urea groups is 1. The van der Waals surface area contributed by atoms with Gasteiger partial charge in [0.25, 0.3) is 0 Å². The first-order chi connectivity index (χ1) is 10.7. The number of piperidine rings is 1. The van der Waals surface area contributed by atoms with E-state index < -0.39 is 0 Å². The van der Waals surface area contributed by atoms with Crippen molar-refractivity contribution in [3.05, 3.63) is 42.1 Å². The largest absolute Gasteiger partial charge is 0.337 e. The fraction of sp³-hybridized carbons (Fsp3) is 0.412. The molecule has 1 saturated heterocycles. The molecule has 1 aromatic carbocycles. The Kier molecular flexibility index (Phi) is 4.13. The Morgan fingerprint density at radius 3 is 2.86 bits per heavy atom. The molecule has 1 unspecified atom stereocenters. The van der Waals surface area contributed by atoms with Gasteiger partial charge in [-0.15, -0.1) is 0 Å². The van der Waals surface area contributed by atoms with Crippen LogP contribution in [-0.2, 0) is 4.79 Å². The predicted octanol–water partition coefficient (Wildman–Crippen LogP) is 2.77. The fourth-order valence-electron chi connectivity index (χ4n) is 3.27. The summed E-state index contributed by atoms with van der Waals surface area (Å²) >= 11 is 0. The highest BCUT2D eigenvalue weighted by atomic mass is 16.2. The lowest BCUT2D eigenvalue weighted by molar-refractivity contribution is -0.122. The minimum absolute atomic E-state index is 0.0810. The number of rotatable bonds is 3. The van der Waals surface area contributed by atoms with Gasteiger partial charge in [0.1, 0.15) is 0 Å². The van der Waals surface area contributed by atoms with Gasteiger partial charge in [-0.3, -0.25) is 4.79 Å². The van der Waals surface area contributed by atoms with Gasteiger partial charge in [0.05, 0.1) is 0 Å². The van der Waals surface area contributed by atoms with E-state index in [2.05, 4.69) is 22.0 Å². The molecule has 2 aliphatic rings. The Morgan fingerprint density at radius 2 is 2.05 bits per heavy atom. The Bertz CT molecular complexity index is 597. The van der Waals surface area contributed by atoms with Gasteiger partial charge in [-0.25, -0.2) is 4.79 Å². The van der Waals surface area contributed by atoms with Gasteiger partial charge in [0.15, 0.2) is 0 Å². The first-order valence-corrected chi connectivity index (χ1v) is 7.78. The molecule has 1 aliphatic heterocycles. The zero-order chi connectivity index (χ0) is 15.4. The molecule has 0 bridgehead atoms. The van der Waals surface area contributed by atoms with E-state index in [4.69, 9.17) is 0 Å². The zero-order valence-electron chi connectivity index (χ0n) is 12.5. The number of amides is 3. The molecule has 22 heavy (non-hydrogen) atoms. The molecule has 5 heteroatoms. The maximum atomic E-state index is 12.1. The van der Waals surface area contributed by atoms with Gasteiger partial charge in [-0.05, 0) is 37.8 Å². The molecule has 0 aromatic heterocycles. The van der Waals surface area contributed by atoms with E-state index in [1.54, 1.807) is 0 Å². The van der Waals surface area contributed by atoms with Gasteiger partial charge in [0.2, 0.25) is 5.91 Å². The summed E-state index contributed by atoms with van der Waals surface area (Å²) in [6.07, 6.45) is 6.53. The van der Waals surface area contributed by atoms with Crippen LogP contribution in [-0.4, -0.2) is 18.5 Å². The number of para-hydroxylation sites is 1. The highest BCUT2D eigenvalue weighted by Crippen LogP contribution is 2.42. The van der Waals surface area contributed by atoms with Crippen LogP contribution in [0.15, 0.2) is 42.1 Å². The maximum Gasteiger partial charge on any atom is 0.319 e. The smallest absolute Gasteiger partial charge is 0.319 e. The molecule has 1 heterocycles. The molecule has 1 aromatic rings. The van der Waals surface area contributed by atoms with Crippen molar-refractivity contribution < 1.29 is 9.59 Å². The summed E-state index contributed by atoms with van der Waals surface area (Å²) in [6, 6.07) is 9.17. The number of carbonyl (C=O) groups is 2. The van der Waals surface area contributed by atoms with Gasteiger partial charge in [-0.1, -0.05) is 24.3 Å². The van der Waals surface area contributed by atoms with Gasteiger partial charge < -0.3 is 16.0 Å². The highest BCUT2D eigenvalue weighted by Gasteiger charge is 2.40. The van der Waals surface area contributed by atoms with Crippen LogP contribution in [0.25, 0.3) is 0 Å². The van der Waals surface area contributed by atoms with Crippen LogP contribution in [0.4, 0.5) is 10.5 Å². The SMILES string of the molecule is O=C1CCC2(CNC(=O)Nc3ccccc3)CCCC=C2N1. The molecule has 5 nitrogen and oxygen atoms in total. The molecule has 1 fully saturated rings. The lowest BCUT2D eigenvalue weighted by Gasteiger charge is -2.42. The Balaban J connectivity index is 1.62. The first kappa shape index (κ1) is 14.6. The fourth-order valence-corrected chi connectivity index (χ4v) is 3.27. The lowest BCUT2D eigenvalue weighted by Crippen LogP contribution is -2.49. The number of nitrogens with one attached hydrogen (secondary N) is 3. The van der Waals surface area contributed by atoms with E-state index in [0.29, 0.717) is 13.0 Å². The van der Waals surface area contributed by atoms with Crippen molar-refractivity contribution in [1.29, 1.82) is 0 Å². The Hall–Kier alpha value is -2.30. The van der Waals surface area contributed by atoms with Crippen molar-refractivity contribution in [2.24, 2.45) is 5.41 Å². The van der Waals surface area contributed by atoms with Crippen LogP contribution in [0.5, 0.6) is 0 Å². The van der Waals surface area contributed by atoms with Crippen molar-refractivity contribution in [1.82, 2.24) is 10.6 Å². The van der Waals surface area contributed by atoms with E-state index in [9.17, 15) is 9.59 Å². The monoisotopic (exact) mass is 299 g/mol. The predicted molar refractivity (Wildman–Crippen MR) is 85.2 cm³/mol. The number of benzene rings is 1. The van der Waals surface area contributed by atoms with Crippen molar-refractivity contribution in [3.63, 3.8) is 0 Å². The second-order valence-electron chi connectivity index (χ2n) is 6.01. The van der Waals surface area contributed by atoms with Crippen molar-refractivity contribution in [3.8, 4) is 0 Å². The summed E-state index contributed by atoms with van der Waals surface area (Å²) in [4.78, 5) is 23.6. The number of anilines is 1. The third-order valence-electron chi connectivity index (χ3n) is 4.50. The molecule has 1 atom stereocenters. The number of fused-ring (bicyclic) bond motifs is 1. The number of allylic oxidation sites excluding steroid dienone is 1.